The van der Waals surface area contributed by atoms with Crippen LogP contribution in [0.3, 0.4) is 0 Å². The number of aliphatic hydroxyl groups is 1. The van der Waals surface area contributed by atoms with E-state index >= 15 is 0 Å². The lowest BCUT2D eigenvalue weighted by molar-refractivity contribution is -0.978. The Morgan fingerprint density at radius 3 is 2.96 bits per heavy atom. The van der Waals surface area contributed by atoms with Crippen LogP contribution in [0, 0.1) is 11.8 Å². The molecule has 3 saturated heterocycles. The molecule has 5 atom stereocenters. The van der Waals surface area contributed by atoms with Gasteiger partial charge < -0.3 is 14.6 Å². The summed E-state index contributed by atoms with van der Waals surface area (Å²) in [5.41, 5.74) is 5.84. The summed E-state index contributed by atoms with van der Waals surface area (Å²) in [5.74, 6) is 0.984. The molecule has 4 aliphatic heterocycles. The number of quaternary nitrogens is 1. The highest BCUT2D eigenvalue weighted by Crippen LogP contribution is 2.57. The largest absolute Gasteiger partial charge is 0.396 e. The van der Waals surface area contributed by atoms with Gasteiger partial charge in [0.1, 0.15) is 12.6 Å². The molecule has 2 aromatic rings. The lowest BCUT2D eigenvalue weighted by Crippen LogP contribution is -2.70. The number of para-hydroxylation sites is 1. The van der Waals surface area contributed by atoms with Gasteiger partial charge in [-0.1, -0.05) is 24.3 Å². The molecule has 0 aliphatic carbocycles. The van der Waals surface area contributed by atoms with Crippen molar-refractivity contribution in [3.63, 3.8) is 0 Å². The monoisotopic (exact) mass is 309 g/mol. The number of allylic oxidation sites excluding steroid dienone is 1. The van der Waals surface area contributed by atoms with Crippen molar-refractivity contribution in [3.8, 4) is 0 Å². The lowest BCUT2D eigenvalue weighted by atomic mass is 9.62. The molecule has 0 radical (unpaired) electrons. The molecule has 0 amide bonds. The predicted octanol–water partition coefficient (Wildman–Crippen LogP) is 3.17. The number of aromatic amines is 1. The lowest BCUT2D eigenvalue weighted by Gasteiger charge is -2.62. The normalized spacial score (nSPS) is 39.9. The van der Waals surface area contributed by atoms with Crippen LogP contribution >= 0.6 is 0 Å². The number of piperidine rings is 3. The minimum absolute atomic E-state index is 0.324. The summed E-state index contributed by atoms with van der Waals surface area (Å²) in [6, 6.07) is 9.84. The van der Waals surface area contributed by atoms with Crippen molar-refractivity contribution in [2.75, 3.05) is 20.2 Å². The standard InChI is InChI=1S/C20H25N2O/c1-3-12-10-22(2)18-9-15-13-6-4-5-7-17(13)21-20(15)19(22)8-14(12)16(18)11-23/h3-7,14,16,18-19,21,23H,8-11H2,1-2H3/q+1/b12-3-/t14-,16+,18?,19+,22-/m1/s1. The number of hydrogen-bond acceptors (Lipinski definition) is 1. The van der Waals surface area contributed by atoms with E-state index in [1.807, 2.05) is 0 Å². The van der Waals surface area contributed by atoms with E-state index in [9.17, 15) is 5.11 Å². The van der Waals surface area contributed by atoms with Gasteiger partial charge >= 0.3 is 0 Å². The maximum absolute atomic E-state index is 10.1. The quantitative estimate of drug-likeness (QED) is 0.616. The van der Waals surface area contributed by atoms with E-state index in [-0.39, 0.29) is 0 Å². The number of fused-ring (bicyclic) bond motifs is 4. The van der Waals surface area contributed by atoms with Crippen LogP contribution in [0.25, 0.3) is 10.9 Å². The summed E-state index contributed by atoms with van der Waals surface area (Å²) in [4.78, 5) is 3.75. The van der Waals surface area contributed by atoms with E-state index in [2.05, 4.69) is 49.3 Å². The van der Waals surface area contributed by atoms with Crippen LogP contribution in [0.4, 0.5) is 0 Å². The molecule has 3 fully saturated rings. The third-order valence-electron chi connectivity index (χ3n) is 7.13. The Morgan fingerprint density at radius 1 is 1.35 bits per heavy atom. The number of aromatic nitrogens is 1. The highest BCUT2D eigenvalue weighted by atomic mass is 16.3. The van der Waals surface area contributed by atoms with Crippen LogP contribution < -0.4 is 0 Å². The number of hydrogen-bond donors (Lipinski definition) is 2. The van der Waals surface area contributed by atoms with Crippen molar-refractivity contribution in [3.05, 3.63) is 47.2 Å². The second kappa shape index (κ2) is 4.49. The third kappa shape index (κ3) is 1.57. The van der Waals surface area contributed by atoms with Crippen molar-refractivity contribution in [2.45, 2.75) is 31.8 Å². The summed E-state index contributed by atoms with van der Waals surface area (Å²) in [6.07, 6.45) is 4.59. The molecule has 2 N–H and O–H groups in total. The van der Waals surface area contributed by atoms with Gasteiger partial charge in [-0.2, -0.15) is 0 Å². The Morgan fingerprint density at radius 2 is 2.17 bits per heavy atom. The van der Waals surface area contributed by atoms with Crippen LogP contribution in [0.5, 0.6) is 0 Å². The number of benzene rings is 1. The van der Waals surface area contributed by atoms with Gasteiger partial charge in [-0.25, -0.2) is 0 Å². The molecule has 1 aromatic heterocycles. The molecule has 0 saturated carbocycles. The van der Waals surface area contributed by atoms with Gasteiger partial charge in [-0.15, -0.1) is 0 Å². The first-order chi connectivity index (χ1) is 11.2. The van der Waals surface area contributed by atoms with Gasteiger partial charge in [0, 0.05) is 35.6 Å². The molecule has 23 heavy (non-hydrogen) atoms. The Balaban J connectivity index is 1.73. The zero-order chi connectivity index (χ0) is 15.8. The van der Waals surface area contributed by atoms with Crippen LogP contribution in [-0.2, 0) is 6.42 Å². The number of nitrogens with one attached hydrogen (secondary N) is 1. The van der Waals surface area contributed by atoms with Crippen LogP contribution in [0.2, 0.25) is 0 Å². The highest BCUT2D eigenvalue weighted by Gasteiger charge is 2.61. The zero-order valence-corrected chi connectivity index (χ0v) is 13.9. The summed E-state index contributed by atoms with van der Waals surface area (Å²) < 4.78 is 1.08. The van der Waals surface area contributed by atoms with Gasteiger partial charge in [-0.3, -0.25) is 0 Å². The predicted molar refractivity (Wildman–Crippen MR) is 92.0 cm³/mol. The molecule has 0 spiro atoms. The van der Waals surface area contributed by atoms with Gasteiger partial charge in [0.25, 0.3) is 0 Å². The molecular formula is C20H25N2O+. The van der Waals surface area contributed by atoms with Crippen molar-refractivity contribution in [1.82, 2.24) is 4.98 Å². The van der Waals surface area contributed by atoms with E-state index in [1.54, 1.807) is 5.57 Å². The van der Waals surface area contributed by atoms with Gasteiger partial charge in [0.2, 0.25) is 0 Å². The average molecular weight is 309 g/mol. The maximum Gasteiger partial charge on any atom is 0.131 e. The van der Waals surface area contributed by atoms with E-state index in [0.717, 1.165) is 17.4 Å². The number of aliphatic hydroxyl groups excluding tert-OH is 1. The Kier molecular flexibility index (Phi) is 2.70. The SMILES string of the molecule is C/C=C1/C[N@+]2(C)C3Cc4c([nH]c5ccccc45)[C@@H]2C[C@H]1[C@@H]3CO. The minimum Gasteiger partial charge on any atom is -0.396 e. The molecule has 3 nitrogen and oxygen atoms in total. The minimum atomic E-state index is 0.324. The second-order valence-corrected chi connectivity index (χ2v) is 7.91. The van der Waals surface area contributed by atoms with Crippen LogP contribution in [-0.4, -0.2) is 40.8 Å². The van der Waals surface area contributed by atoms with Crippen LogP contribution in [0.1, 0.15) is 30.6 Å². The topological polar surface area (TPSA) is 36.0 Å². The zero-order valence-electron chi connectivity index (χ0n) is 13.9. The third-order valence-corrected chi connectivity index (χ3v) is 7.13. The Bertz CT molecular complexity index is 820. The molecule has 4 bridgehead atoms. The van der Waals surface area contributed by atoms with Crippen molar-refractivity contribution in [2.24, 2.45) is 11.8 Å². The van der Waals surface area contributed by atoms with Crippen LogP contribution in [0.15, 0.2) is 35.9 Å². The first-order valence-electron chi connectivity index (χ1n) is 8.87. The maximum atomic E-state index is 10.1. The molecule has 120 valence electrons. The molecule has 3 heteroatoms. The van der Waals surface area contributed by atoms with Gasteiger partial charge in [-0.05, 0) is 24.1 Å². The fraction of sp³-hybridized carbons (Fsp3) is 0.500. The van der Waals surface area contributed by atoms with E-state index in [4.69, 9.17) is 0 Å². The fourth-order valence-electron chi connectivity index (χ4n) is 6.02. The first kappa shape index (κ1) is 13.8. The van der Waals surface area contributed by atoms with Crippen molar-refractivity contribution >= 4 is 10.9 Å². The summed E-state index contributed by atoms with van der Waals surface area (Å²) in [6.45, 7) is 3.65. The number of likely N-dealkylation sites (N-methyl/N-ethyl adjacent to an activating group) is 1. The van der Waals surface area contributed by atoms with Crippen molar-refractivity contribution < 1.29 is 9.59 Å². The van der Waals surface area contributed by atoms with E-state index < -0.39 is 0 Å². The summed E-state index contributed by atoms with van der Waals surface area (Å²) in [7, 11) is 2.42. The van der Waals surface area contributed by atoms with Gasteiger partial charge in [0.15, 0.2) is 0 Å². The fourth-order valence-corrected chi connectivity index (χ4v) is 6.02. The molecule has 1 aromatic carbocycles. The second-order valence-electron chi connectivity index (χ2n) is 7.91. The molecule has 5 heterocycles. The number of rotatable bonds is 1. The van der Waals surface area contributed by atoms with E-state index in [0.29, 0.717) is 30.5 Å². The number of H-pyrrole nitrogens is 1. The smallest absolute Gasteiger partial charge is 0.131 e. The molecule has 1 unspecified atom stereocenters. The summed E-state index contributed by atoms with van der Waals surface area (Å²) in [5, 5.41) is 11.5. The summed E-state index contributed by atoms with van der Waals surface area (Å²) >= 11 is 0. The molecule has 6 rings (SSSR count). The van der Waals surface area contributed by atoms with E-state index in [1.165, 1.54) is 28.6 Å². The Hall–Kier alpha value is -1.58. The Labute approximate surface area is 137 Å². The molecular weight excluding hydrogens is 284 g/mol. The first-order valence-corrected chi connectivity index (χ1v) is 8.87. The molecule has 4 aliphatic rings. The van der Waals surface area contributed by atoms with Gasteiger partial charge in [0.05, 0.1) is 25.4 Å². The number of nitrogens with zero attached hydrogens (tertiary/aromatic N) is 1. The average Bonchev–Trinajstić information content (AvgIpc) is 2.92. The van der Waals surface area contributed by atoms with Crippen molar-refractivity contribution in [1.29, 1.82) is 0 Å². The highest BCUT2D eigenvalue weighted by molar-refractivity contribution is 5.85.